The predicted octanol–water partition coefficient (Wildman–Crippen LogP) is 5.95. The number of rotatable bonds is 11. The molecule has 1 nitrogen and oxygen atoms in total. The van der Waals surface area contributed by atoms with Crippen molar-refractivity contribution >= 4 is 16.1 Å². The van der Waals surface area contributed by atoms with E-state index in [4.69, 9.17) is 0 Å². The molecule has 0 rings (SSSR count). The van der Waals surface area contributed by atoms with Crippen molar-refractivity contribution in [2.75, 3.05) is 0 Å². The van der Waals surface area contributed by atoms with Crippen molar-refractivity contribution in [3.63, 3.8) is 0 Å². The monoisotopic (exact) mass is 326 g/mol. The highest BCUT2D eigenvalue weighted by Crippen LogP contribution is 2.40. The first-order valence-electron chi connectivity index (χ1n) is 8.97. The normalized spacial score (nSPS) is 13.9. The van der Waals surface area contributed by atoms with Crippen molar-refractivity contribution in [3.05, 3.63) is 23.6 Å². The molecule has 0 aromatic heterocycles. The molecule has 0 aromatic carbocycles. The third-order valence-corrected chi connectivity index (χ3v) is 19.9. The molecule has 0 bridgehead atoms. The van der Waals surface area contributed by atoms with E-state index in [0.717, 1.165) is 0 Å². The number of hydrogen-bond acceptors (Lipinski definition) is 1. The first-order valence-corrected chi connectivity index (χ1v) is 14.2. The van der Waals surface area contributed by atoms with Crippen molar-refractivity contribution < 1.29 is 5.11 Å². The lowest BCUT2D eigenvalue weighted by molar-refractivity contribution is 0.227. The molecule has 0 aromatic rings. The van der Waals surface area contributed by atoms with E-state index in [2.05, 4.69) is 54.2 Å². The second-order valence-corrected chi connectivity index (χ2v) is 17.3. The fourth-order valence-electron chi connectivity index (χ4n) is 3.99. The van der Waals surface area contributed by atoms with Gasteiger partial charge in [0.1, 0.15) is 0 Å². The lowest BCUT2D eigenvalue weighted by atomic mass is 10.2. The third kappa shape index (κ3) is 4.67. The molecule has 0 amide bonds. The maximum atomic E-state index is 10.4. The summed E-state index contributed by atoms with van der Waals surface area (Å²) in [6.07, 6.45) is 4.50. The summed E-state index contributed by atoms with van der Waals surface area (Å²) in [6, 6.07) is 7.92. The van der Waals surface area contributed by atoms with Gasteiger partial charge in [0.15, 0.2) is 0 Å². The van der Waals surface area contributed by atoms with Crippen LogP contribution in [0.15, 0.2) is 23.6 Å². The number of aliphatic hydroxyl groups excluding tert-OH is 1. The van der Waals surface area contributed by atoms with Crippen LogP contribution in [0.1, 0.15) is 48.0 Å². The quantitative estimate of drug-likeness (QED) is 0.367. The molecular formula is C18H38OSi2. The summed E-state index contributed by atoms with van der Waals surface area (Å²) in [4.78, 5) is 1.78. The summed E-state index contributed by atoms with van der Waals surface area (Å²) < 4.78 is 0. The van der Waals surface area contributed by atoms with Gasteiger partial charge < -0.3 is 5.11 Å². The summed E-state index contributed by atoms with van der Waals surface area (Å²) in [6.45, 7) is 18.1. The molecule has 0 heterocycles. The average molecular weight is 327 g/mol. The fourth-order valence-corrected chi connectivity index (χ4v) is 18.0. The summed E-state index contributed by atoms with van der Waals surface area (Å²) >= 11 is 0. The van der Waals surface area contributed by atoms with Gasteiger partial charge in [-0.15, -0.1) is 6.58 Å². The largest absolute Gasteiger partial charge is 0.389 e. The molecule has 0 aliphatic heterocycles. The van der Waals surface area contributed by atoms with Crippen molar-refractivity contribution in [1.29, 1.82) is 0 Å². The molecule has 0 aliphatic carbocycles. The minimum atomic E-state index is -1.41. The van der Waals surface area contributed by atoms with E-state index < -0.39 is 16.1 Å². The van der Waals surface area contributed by atoms with Crippen LogP contribution < -0.4 is 0 Å². The lowest BCUT2D eigenvalue weighted by Crippen LogP contribution is -2.50. The molecule has 21 heavy (non-hydrogen) atoms. The van der Waals surface area contributed by atoms with Gasteiger partial charge in [-0.05, 0) is 6.42 Å². The third-order valence-electron chi connectivity index (χ3n) is 5.97. The predicted molar refractivity (Wildman–Crippen MR) is 103 cm³/mol. The van der Waals surface area contributed by atoms with Crippen molar-refractivity contribution in [3.8, 4) is 0 Å². The molecule has 0 aliphatic rings. The van der Waals surface area contributed by atoms with Crippen LogP contribution in [0.5, 0.6) is 0 Å². The van der Waals surface area contributed by atoms with E-state index in [1.807, 2.05) is 6.08 Å². The highest BCUT2D eigenvalue weighted by molar-refractivity contribution is 7.07. The first kappa shape index (κ1) is 20.9. The van der Waals surface area contributed by atoms with Gasteiger partial charge in [0, 0.05) is 0 Å². The number of hydrogen-bond donors (Lipinski definition) is 1. The Labute approximate surface area is 135 Å². The van der Waals surface area contributed by atoms with Gasteiger partial charge in [0.05, 0.1) is 22.3 Å². The van der Waals surface area contributed by atoms with Gasteiger partial charge in [0.2, 0.25) is 0 Å². The fraction of sp³-hybridized carbons (Fsp3) is 0.778. The molecular weight excluding hydrogens is 288 g/mol. The number of aliphatic hydroxyl groups is 1. The summed E-state index contributed by atoms with van der Waals surface area (Å²) in [5.74, 6) is 0. The lowest BCUT2D eigenvalue weighted by Gasteiger charge is -2.43. The molecule has 1 N–H and O–H groups in total. The Bertz CT molecular complexity index is 290. The molecule has 1 atom stereocenters. The van der Waals surface area contributed by atoms with E-state index in [9.17, 15) is 5.11 Å². The Kier molecular flexibility index (Phi) is 9.74. The molecule has 0 radical (unpaired) electrons. The Hall–Kier alpha value is -0.126. The van der Waals surface area contributed by atoms with E-state index in [0.29, 0.717) is 6.42 Å². The van der Waals surface area contributed by atoms with Crippen LogP contribution in [-0.4, -0.2) is 27.4 Å². The van der Waals surface area contributed by atoms with Gasteiger partial charge in [0.25, 0.3) is 0 Å². The zero-order valence-electron chi connectivity index (χ0n) is 15.3. The van der Waals surface area contributed by atoms with Gasteiger partial charge >= 0.3 is 0 Å². The summed E-state index contributed by atoms with van der Waals surface area (Å²) in [5.41, 5.74) is 0. The van der Waals surface area contributed by atoms with Crippen LogP contribution in [0, 0.1) is 0 Å². The van der Waals surface area contributed by atoms with E-state index >= 15 is 0 Å². The molecule has 124 valence electrons. The topological polar surface area (TPSA) is 20.2 Å². The smallest absolute Gasteiger partial charge is 0.0762 e. The molecule has 0 saturated heterocycles. The summed E-state index contributed by atoms with van der Waals surface area (Å²) in [5, 5.41) is 10.4. The minimum absolute atomic E-state index is 0.328. The van der Waals surface area contributed by atoms with Crippen molar-refractivity contribution in [2.45, 2.75) is 90.3 Å². The van der Waals surface area contributed by atoms with Crippen LogP contribution >= 0.6 is 0 Å². The molecule has 0 saturated carbocycles. The standard InChI is InChI=1S/C18H38OSi2/c1-8-15-17(19)16-18(20(9-2,10-3)11-4)21(12-5,13-6)14-7/h8,16-17,19H,1,9-15H2,2-7H3. The highest BCUT2D eigenvalue weighted by Gasteiger charge is 2.43. The van der Waals surface area contributed by atoms with Gasteiger partial charge in [-0.25, -0.2) is 0 Å². The minimum Gasteiger partial charge on any atom is -0.389 e. The van der Waals surface area contributed by atoms with Crippen LogP contribution in [0.25, 0.3) is 0 Å². The van der Waals surface area contributed by atoms with Crippen molar-refractivity contribution in [2.24, 2.45) is 0 Å². The van der Waals surface area contributed by atoms with E-state index in [1.54, 1.807) is 4.82 Å². The zero-order chi connectivity index (χ0) is 16.5. The van der Waals surface area contributed by atoms with Crippen LogP contribution in [0.4, 0.5) is 0 Å². The zero-order valence-corrected chi connectivity index (χ0v) is 17.3. The van der Waals surface area contributed by atoms with E-state index in [1.165, 1.54) is 36.3 Å². The SMILES string of the molecule is C=CCC(O)C=C([Si](CC)(CC)CC)[Si](CC)(CC)CC. The van der Waals surface area contributed by atoms with E-state index in [-0.39, 0.29) is 6.10 Å². The Morgan fingerprint density at radius 2 is 1.19 bits per heavy atom. The molecule has 0 spiro atoms. The molecule has 3 heteroatoms. The highest BCUT2D eigenvalue weighted by atomic mass is 28.4. The van der Waals surface area contributed by atoms with Gasteiger partial charge in [-0.1, -0.05) is 94.8 Å². The van der Waals surface area contributed by atoms with Crippen LogP contribution in [0.3, 0.4) is 0 Å². The second kappa shape index (κ2) is 9.80. The Balaban J connectivity index is 6.04. The van der Waals surface area contributed by atoms with Crippen LogP contribution in [0.2, 0.25) is 36.3 Å². The van der Waals surface area contributed by atoms with Crippen molar-refractivity contribution in [1.82, 2.24) is 0 Å². The Morgan fingerprint density at radius 1 is 0.857 bits per heavy atom. The van der Waals surface area contributed by atoms with Gasteiger partial charge in [-0.3, -0.25) is 0 Å². The second-order valence-electron chi connectivity index (χ2n) is 6.35. The van der Waals surface area contributed by atoms with Crippen LogP contribution in [-0.2, 0) is 0 Å². The maximum absolute atomic E-state index is 10.4. The van der Waals surface area contributed by atoms with Gasteiger partial charge in [-0.2, -0.15) is 0 Å². The molecule has 0 fully saturated rings. The average Bonchev–Trinajstić information content (AvgIpc) is 2.52. The molecule has 1 unspecified atom stereocenters. The maximum Gasteiger partial charge on any atom is 0.0762 e. The summed E-state index contributed by atoms with van der Waals surface area (Å²) in [7, 11) is -2.82. The Morgan fingerprint density at radius 3 is 1.43 bits per heavy atom. The first-order chi connectivity index (χ1) is 9.95.